The number of rotatable bonds is 2. The summed E-state index contributed by atoms with van der Waals surface area (Å²) >= 11 is 0. The lowest BCUT2D eigenvalue weighted by molar-refractivity contribution is 0.170. The zero-order valence-electron chi connectivity index (χ0n) is 6.72. The second kappa shape index (κ2) is 4.18. The summed E-state index contributed by atoms with van der Waals surface area (Å²) in [6.07, 6.45) is 2.00. The molecule has 1 heterocycles. The van der Waals surface area contributed by atoms with Gasteiger partial charge in [-0.15, -0.1) is 0 Å². The Labute approximate surface area is 66.3 Å². The van der Waals surface area contributed by atoms with Crippen molar-refractivity contribution in [2.24, 2.45) is 0 Å². The lowest BCUT2D eigenvalue weighted by Gasteiger charge is -2.09. The summed E-state index contributed by atoms with van der Waals surface area (Å²) in [4.78, 5) is 10.6. The van der Waals surface area contributed by atoms with Crippen LogP contribution in [0.15, 0.2) is 0 Å². The molecule has 0 aromatic carbocycles. The second-order valence-corrected chi connectivity index (χ2v) is 2.67. The van der Waals surface area contributed by atoms with E-state index < -0.39 is 0 Å². The summed E-state index contributed by atoms with van der Waals surface area (Å²) in [5.74, 6) is 0. The first kappa shape index (κ1) is 8.33. The second-order valence-electron chi connectivity index (χ2n) is 2.67. The van der Waals surface area contributed by atoms with E-state index in [9.17, 15) is 4.79 Å². The van der Waals surface area contributed by atoms with E-state index in [1.54, 1.807) is 0 Å². The number of carbonyl (C=O) groups excluding carboxylic acids is 1. The van der Waals surface area contributed by atoms with E-state index in [4.69, 9.17) is 0 Å². The van der Waals surface area contributed by atoms with Gasteiger partial charge in [-0.3, -0.25) is 0 Å². The van der Waals surface area contributed by atoms with Crippen LogP contribution in [0.1, 0.15) is 12.8 Å². The molecule has 0 unspecified atom stereocenters. The van der Waals surface area contributed by atoms with Crippen LogP contribution < -0.4 is 10.6 Å². The van der Waals surface area contributed by atoms with Crippen LogP contribution in [0.2, 0.25) is 0 Å². The smallest absolute Gasteiger partial charge is 0.406 e. The average molecular weight is 158 g/mol. The molecule has 1 fully saturated rings. The van der Waals surface area contributed by atoms with Gasteiger partial charge in [0, 0.05) is 12.6 Å². The lowest BCUT2D eigenvalue weighted by Crippen LogP contribution is -2.36. The topological polar surface area (TPSA) is 50.4 Å². The molecule has 1 atom stereocenters. The predicted molar refractivity (Wildman–Crippen MR) is 41.4 cm³/mol. The van der Waals surface area contributed by atoms with Crippen LogP contribution in [0.25, 0.3) is 0 Å². The third kappa shape index (κ3) is 2.76. The van der Waals surface area contributed by atoms with Gasteiger partial charge in [-0.25, -0.2) is 4.79 Å². The molecule has 1 amide bonds. The maximum Gasteiger partial charge on any atom is 0.406 e. The van der Waals surface area contributed by atoms with Crippen molar-refractivity contribution in [3.63, 3.8) is 0 Å². The first-order valence-electron chi connectivity index (χ1n) is 3.88. The van der Waals surface area contributed by atoms with Gasteiger partial charge in [0.15, 0.2) is 0 Å². The molecule has 11 heavy (non-hydrogen) atoms. The molecule has 1 rings (SSSR count). The first-order valence-corrected chi connectivity index (χ1v) is 3.88. The fourth-order valence-corrected chi connectivity index (χ4v) is 1.21. The molecule has 0 aromatic heterocycles. The SMILES string of the molecule is COC(=O)NC[C@@H]1CCCN1. The number of alkyl carbamates (subject to hydrolysis) is 1. The molecule has 1 saturated heterocycles. The lowest BCUT2D eigenvalue weighted by atomic mass is 10.2. The quantitative estimate of drug-likeness (QED) is 0.599. The van der Waals surface area contributed by atoms with Gasteiger partial charge in [0.1, 0.15) is 0 Å². The van der Waals surface area contributed by atoms with E-state index in [1.807, 2.05) is 0 Å². The van der Waals surface area contributed by atoms with Crippen molar-refractivity contribution in [1.29, 1.82) is 0 Å². The largest absolute Gasteiger partial charge is 0.453 e. The highest BCUT2D eigenvalue weighted by Gasteiger charge is 2.14. The standard InChI is InChI=1S/C7H14N2O2/c1-11-7(10)9-5-6-3-2-4-8-6/h6,8H,2-5H2,1H3,(H,9,10)/t6-/m0/s1. The minimum atomic E-state index is -0.348. The summed E-state index contributed by atoms with van der Waals surface area (Å²) in [5.41, 5.74) is 0. The van der Waals surface area contributed by atoms with Crippen LogP contribution in [0.5, 0.6) is 0 Å². The van der Waals surface area contributed by atoms with Crippen LogP contribution in [0.4, 0.5) is 4.79 Å². The molecule has 0 bridgehead atoms. The van der Waals surface area contributed by atoms with E-state index in [0.29, 0.717) is 12.6 Å². The molecule has 0 aromatic rings. The summed E-state index contributed by atoms with van der Waals surface area (Å²) in [7, 11) is 1.37. The number of hydrogen-bond acceptors (Lipinski definition) is 3. The predicted octanol–water partition coefficient (Wildman–Crippen LogP) is 0.0944. The third-order valence-corrected chi connectivity index (χ3v) is 1.84. The Morgan fingerprint density at radius 3 is 3.18 bits per heavy atom. The highest BCUT2D eigenvalue weighted by Crippen LogP contribution is 2.02. The Balaban J connectivity index is 2.06. The Morgan fingerprint density at radius 2 is 2.64 bits per heavy atom. The molecule has 64 valence electrons. The fraction of sp³-hybridized carbons (Fsp3) is 0.857. The van der Waals surface area contributed by atoms with Crippen LogP contribution in [0.3, 0.4) is 0 Å². The van der Waals surface area contributed by atoms with Gasteiger partial charge in [0.25, 0.3) is 0 Å². The Bertz CT molecular complexity index is 132. The van der Waals surface area contributed by atoms with Crippen molar-refractivity contribution >= 4 is 6.09 Å². The maximum atomic E-state index is 10.6. The number of nitrogens with one attached hydrogen (secondary N) is 2. The van der Waals surface area contributed by atoms with Crippen molar-refractivity contribution in [1.82, 2.24) is 10.6 Å². The minimum Gasteiger partial charge on any atom is -0.453 e. The number of carbonyl (C=O) groups is 1. The monoisotopic (exact) mass is 158 g/mol. The van der Waals surface area contributed by atoms with Crippen molar-refractivity contribution < 1.29 is 9.53 Å². The van der Waals surface area contributed by atoms with Crippen molar-refractivity contribution in [3.05, 3.63) is 0 Å². The molecule has 1 aliphatic heterocycles. The van der Waals surface area contributed by atoms with Crippen molar-refractivity contribution in [2.45, 2.75) is 18.9 Å². The number of hydrogen-bond donors (Lipinski definition) is 2. The summed E-state index contributed by atoms with van der Waals surface area (Å²) in [6.45, 7) is 1.74. The summed E-state index contributed by atoms with van der Waals surface area (Å²) in [5, 5.41) is 5.92. The minimum absolute atomic E-state index is 0.348. The normalized spacial score (nSPS) is 23.2. The number of methoxy groups -OCH3 is 1. The molecule has 0 spiro atoms. The average Bonchev–Trinajstić information content (AvgIpc) is 2.52. The molecule has 0 aliphatic carbocycles. The van der Waals surface area contributed by atoms with Gasteiger partial charge in [0.2, 0.25) is 0 Å². The first-order chi connectivity index (χ1) is 5.33. The number of ether oxygens (including phenoxy) is 1. The summed E-state index contributed by atoms with van der Waals surface area (Å²) in [6, 6.07) is 0.439. The van der Waals surface area contributed by atoms with Crippen LogP contribution in [0, 0.1) is 0 Å². The summed E-state index contributed by atoms with van der Waals surface area (Å²) < 4.78 is 4.43. The molecule has 1 aliphatic rings. The van der Waals surface area contributed by atoms with E-state index in [2.05, 4.69) is 15.4 Å². The van der Waals surface area contributed by atoms with Gasteiger partial charge in [-0.2, -0.15) is 0 Å². The molecule has 2 N–H and O–H groups in total. The zero-order valence-corrected chi connectivity index (χ0v) is 6.72. The molecule has 4 heteroatoms. The van der Waals surface area contributed by atoms with Crippen LogP contribution >= 0.6 is 0 Å². The van der Waals surface area contributed by atoms with E-state index in [1.165, 1.54) is 13.5 Å². The van der Waals surface area contributed by atoms with Crippen LogP contribution in [-0.2, 0) is 4.74 Å². The molecule has 0 radical (unpaired) electrons. The Hall–Kier alpha value is -0.770. The van der Waals surface area contributed by atoms with Gasteiger partial charge in [-0.05, 0) is 19.4 Å². The highest BCUT2D eigenvalue weighted by molar-refractivity contribution is 5.66. The molecular weight excluding hydrogens is 144 g/mol. The van der Waals surface area contributed by atoms with Crippen LogP contribution in [-0.4, -0.2) is 32.3 Å². The van der Waals surface area contributed by atoms with Gasteiger partial charge in [0.05, 0.1) is 7.11 Å². The van der Waals surface area contributed by atoms with Gasteiger partial charge < -0.3 is 15.4 Å². The molecule has 4 nitrogen and oxygen atoms in total. The maximum absolute atomic E-state index is 10.6. The fourth-order valence-electron chi connectivity index (χ4n) is 1.21. The van der Waals surface area contributed by atoms with Crippen molar-refractivity contribution in [3.8, 4) is 0 Å². The molecule has 0 saturated carbocycles. The van der Waals surface area contributed by atoms with E-state index in [0.717, 1.165) is 13.0 Å². The Kier molecular flexibility index (Phi) is 3.16. The van der Waals surface area contributed by atoms with E-state index >= 15 is 0 Å². The van der Waals surface area contributed by atoms with Gasteiger partial charge in [-0.1, -0.05) is 0 Å². The Morgan fingerprint density at radius 1 is 1.82 bits per heavy atom. The number of amides is 1. The highest BCUT2D eigenvalue weighted by atomic mass is 16.5. The zero-order chi connectivity index (χ0) is 8.10. The third-order valence-electron chi connectivity index (χ3n) is 1.84. The molecular formula is C7H14N2O2. The van der Waals surface area contributed by atoms with E-state index in [-0.39, 0.29) is 6.09 Å². The van der Waals surface area contributed by atoms with Gasteiger partial charge >= 0.3 is 6.09 Å². The van der Waals surface area contributed by atoms with Crippen molar-refractivity contribution in [2.75, 3.05) is 20.2 Å².